The van der Waals surface area contributed by atoms with E-state index < -0.39 is 43.3 Å². The zero-order valence-corrected chi connectivity index (χ0v) is 17.6. The first-order valence-corrected chi connectivity index (χ1v) is 12.4. The molecular weight excluding hydrogens is 438 g/mol. The third kappa shape index (κ3) is 4.85. The van der Waals surface area contributed by atoms with Gasteiger partial charge < -0.3 is 5.32 Å². The van der Waals surface area contributed by atoms with Crippen molar-refractivity contribution < 1.29 is 30.4 Å². The van der Waals surface area contributed by atoms with Gasteiger partial charge in [-0.25, -0.2) is 25.6 Å². The van der Waals surface area contributed by atoms with E-state index in [0.29, 0.717) is 6.07 Å². The van der Waals surface area contributed by atoms with Crippen molar-refractivity contribution in [2.45, 2.75) is 22.6 Å². The number of hydrogen-bond donors (Lipinski definition) is 1. The molecule has 0 aliphatic carbocycles. The maximum Gasteiger partial charge on any atom is 0.243 e. The minimum absolute atomic E-state index is 0.0184. The normalized spacial score (nSPS) is 16.4. The molecule has 7 nitrogen and oxygen atoms in total. The zero-order valence-electron chi connectivity index (χ0n) is 16.0. The summed E-state index contributed by atoms with van der Waals surface area (Å²) in [6, 6.07) is 7.77. The van der Waals surface area contributed by atoms with Crippen molar-refractivity contribution >= 4 is 31.5 Å². The number of anilines is 1. The van der Waals surface area contributed by atoms with E-state index in [4.69, 9.17) is 0 Å². The van der Waals surface area contributed by atoms with Gasteiger partial charge in [-0.05, 0) is 49.2 Å². The Morgan fingerprint density at radius 3 is 2.07 bits per heavy atom. The highest BCUT2D eigenvalue weighted by Crippen LogP contribution is 2.26. The van der Waals surface area contributed by atoms with Crippen LogP contribution >= 0.6 is 0 Å². The SMILES string of the molecule is CS(=O)(=O)c1ccc(S(=O)(=O)N2CCC(C(=O)Nc3ccc(F)cc3F)CC2)cc1. The predicted molar refractivity (Wildman–Crippen MR) is 106 cm³/mol. The molecule has 0 unspecified atom stereocenters. The van der Waals surface area contributed by atoms with Gasteiger partial charge in [0.05, 0.1) is 15.5 Å². The second-order valence-corrected chi connectivity index (χ2v) is 11.0. The lowest BCUT2D eigenvalue weighted by atomic mass is 9.97. The van der Waals surface area contributed by atoms with Crippen molar-refractivity contribution in [3.8, 4) is 0 Å². The molecule has 1 saturated heterocycles. The largest absolute Gasteiger partial charge is 0.323 e. The fourth-order valence-corrected chi connectivity index (χ4v) is 5.29. The number of benzene rings is 2. The molecule has 1 fully saturated rings. The van der Waals surface area contributed by atoms with E-state index >= 15 is 0 Å². The molecule has 11 heteroatoms. The van der Waals surface area contributed by atoms with Crippen molar-refractivity contribution in [3.05, 3.63) is 54.1 Å². The summed E-state index contributed by atoms with van der Waals surface area (Å²) in [6.07, 6.45) is 1.49. The first-order chi connectivity index (χ1) is 14.0. The van der Waals surface area contributed by atoms with Gasteiger partial charge in [0, 0.05) is 31.3 Å². The van der Waals surface area contributed by atoms with Gasteiger partial charge in [0.15, 0.2) is 9.84 Å². The van der Waals surface area contributed by atoms with Crippen LogP contribution in [0.2, 0.25) is 0 Å². The van der Waals surface area contributed by atoms with Gasteiger partial charge in [-0.1, -0.05) is 0 Å². The van der Waals surface area contributed by atoms with Crippen LogP contribution in [0.25, 0.3) is 0 Å². The van der Waals surface area contributed by atoms with E-state index in [-0.39, 0.29) is 41.4 Å². The Balaban J connectivity index is 1.64. The number of carbonyl (C=O) groups is 1. The lowest BCUT2D eigenvalue weighted by Gasteiger charge is -2.30. The van der Waals surface area contributed by atoms with Crippen LogP contribution in [0, 0.1) is 17.6 Å². The fourth-order valence-electron chi connectivity index (χ4n) is 3.19. The van der Waals surface area contributed by atoms with Crippen LogP contribution in [0.1, 0.15) is 12.8 Å². The van der Waals surface area contributed by atoms with Crippen LogP contribution in [0.3, 0.4) is 0 Å². The molecule has 0 saturated carbocycles. The van der Waals surface area contributed by atoms with Crippen LogP contribution in [0.4, 0.5) is 14.5 Å². The summed E-state index contributed by atoms with van der Waals surface area (Å²) in [7, 11) is -7.28. The molecular formula is C19H20F2N2O5S2. The molecule has 0 radical (unpaired) electrons. The number of piperidine rings is 1. The van der Waals surface area contributed by atoms with Gasteiger partial charge in [-0.3, -0.25) is 4.79 Å². The molecule has 1 heterocycles. The fraction of sp³-hybridized carbons (Fsp3) is 0.316. The van der Waals surface area contributed by atoms with Crippen LogP contribution in [0.5, 0.6) is 0 Å². The Morgan fingerprint density at radius 2 is 1.53 bits per heavy atom. The molecule has 1 aliphatic rings. The summed E-state index contributed by atoms with van der Waals surface area (Å²) in [5.74, 6) is -2.63. The lowest BCUT2D eigenvalue weighted by molar-refractivity contribution is -0.120. The second kappa shape index (κ2) is 8.40. The Morgan fingerprint density at radius 1 is 0.967 bits per heavy atom. The zero-order chi connectivity index (χ0) is 22.1. The Hall–Kier alpha value is -2.37. The van der Waals surface area contributed by atoms with E-state index in [1.807, 2.05) is 0 Å². The number of nitrogens with zero attached hydrogens (tertiary/aromatic N) is 1. The number of sulfonamides is 1. The Bertz CT molecular complexity index is 1160. The van der Waals surface area contributed by atoms with E-state index in [1.165, 1.54) is 28.6 Å². The molecule has 0 bridgehead atoms. The third-order valence-electron chi connectivity index (χ3n) is 4.90. The highest BCUT2D eigenvalue weighted by Gasteiger charge is 2.32. The lowest BCUT2D eigenvalue weighted by Crippen LogP contribution is -2.41. The summed E-state index contributed by atoms with van der Waals surface area (Å²) in [5, 5.41) is 2.41. The average Bonchev–Trinajstić information content (AvgIpc) is 2.69. The summed E-state index contributed by atoms with van der Waals surface area (Å²) < 4.78 is 76.5. The molecule has 3 rings (SSSR count). The Kier molecular flexibility index (Phi) is 6.25. The molecule has 0 aromatic heterocycles. The van der Waals surface area contributed by atoms with Crippen LogP contribution in [-0.2, 0) is 24.7 Å². The van der Waals surface area contributed by atoms with Gasteiger partial charge in [-0.15, -0.1) is 0 Å². The molecule has 162 valence electrons. The highest BCUT2D eigenvalue weighted by molar-refractivity contribution is 7.90. The quantitative estimate of drug-likeness (QED) is 0.742. The molecule has 0 spiro atoms. The maximum atomic E-state index is 13.7. The van der Waals surface area contributed by atoms with Crippen LogP contribution in [-0.4, -0.2) is 46.4 Å². The molecule has 1 N–H and O–H groups in total. The van der Waals surface area contributed by atoms with Crippen molar-refractivity contribution in [2.24, 2.45) is 5.92 Å². The molecule has 1 aliphatic heterocycles. The molecule has 2 aromatic rings. The van der Waals surface area contributed by atoms with Gasteiger partial charge >= 0.3 is 0 Å². The number of carbonyl (C=O) groups excluding carboxylic acids is 1. The molecule has 2 aromatic carbocycles. The summed E-state index contributed by atoms with van der Waals surface area (Å²) in [5.41, 5.74) is -0.137. The van der Waals surface area contributed by atoms with Crippen molar-refractivity contribution in [1.82, 2.24) is 4.31 Å². The number of halogens is 2. The molecule has 0 atom stereocenters. The van der Waals surface area contributed by atoms with Crippen molar-refractivity contribution in [3.63, 3.8) is 0 Å². The van der Waals surface area contributed by atoms with E-state index in [2.05, 4.69) is 5.32 Å². The summed E-state index contributed by atoms with van der Waals surface area (Å²) in [4.78, 5) is 12.3. The number of hydrogen-bond acceptors (Lipinski definition) is 5. The minimum Gasteiger partial charge on any atom is -0.323 e. The number of amides is 1. The van der Waals surface area contributed by atoms with Gasteiger partial charge in [0.25, 0.3) is 0 Å². The molecule has 1 amide bonds. The van der Waals surface area contributed by atoms with Crippen LogP contribution < -0.4 is 5.32 Å². The standard InChI is InChI=1S/C19H20F2N2O5S2/c1-29(25,26)15-3-5-16(6-4-15)30(27,28)23-10-8-13(9-11-23)19(24)22-18-7-2-14(20)12-17(18)21/h2-7,12-13H,8-11H2,1H3,(H,22,24). The molecule has 30 heavy (non-hydrogen) atoms. The smallest absolute Gasteiger partial charge is 0.243 e. The van der Waals surface area contributed by atoms with Crippen LogP contribution in [0.15, 0.2) is 52.3 Å². The summed E-state index contributed by atoms with van der Waals surface area (Å²) >= 11 is 0. The van der Waals surface area contributed by atoms with Crippen molar-refractivity contribution in [1.29, 1.82) is 0 Å². The first-order valence-electron chi connectivity index (χ1n) is 9.04. The predicted octanol–water partition coefficient (Wildman–Crippen LogP) is 2.41. The topological polar surface area (TPSA) is 101 Å². The van der Waals surface area contributed by atoms with E-state index in [9.17, 15) is 30.4 Å². The van der Waals surface area contributed by atoms with Crippen molar-refractivity contribution in [2.75, 3.05) is 24.7 Å². The Labute approximate surface area is 173 Å². The maximum absolute atomic E-state index is 13.7. The minimum atomic E-state index is -3.84. The second-order valence-electron chi connectivity index (χ2n) is 7.04. The number of sulfone groups is 1. The monoisotopic (exact) mass is 458 g/mol. The highest BCUT2D eigenvalue weighted by atomic mass is 32.2. The van der Waals surface area contributed by atoms with Gasteiger partial charge in [-0.2, -0.15) is 4.31 Å². The first kappa shape index (κ1) is 22.3. The average molecular weight is 459 g/mol. The van der Waals surface area contributed by atoms with Gasteiger partial charge in [0.2, 0.25) is 15.9 Å². The van der Waals surface area contributed by atoms with Gasteiger partial charge in [0.1, 0.15) is 11.6 Å². The third-order valence-corrected chi connectivity index (χ3v) is 7.94. The van der Waals surface area contributed by atoms with E-state index in [0.717, 1.165) is 18.4 Å². The van der Waals surface area contributed by atoms with E-state index in [1.54, 1.807) is 0 Å². The number of nitrogens with one attached hydrogen (secondary N) is 1. The number of rotatable bonds is 5. The summed E-state index contributed by atoms with van der Waals surface area (Å²) in [6.45, 7) is 0.167.